The zero-order valence-electron chi connectivity index (χ0n) is 20.2. The van der Waals surface area contributed by atoms with Crippen molar-refractivity contribution in [3.05, 3.63) is 47.0 Å². The maximum Gasteiger partial charge on any atom is 0.339 e. The number of aliphatic hydroxyl groups excluding tert-OH is 1. The van der Waals surface area contributed by atoms with Gasteiger partial charge in [-0.3, -0.25) is 0 Å². The van der Waals surface area contributed by atoms with Crippen molar-refractivity contribution >= 4 is 11.9 Å². The average molecular weight is 435 g/mol. The van der Waals surface area contributed by atoms with E-state index >= 15 is 0 Å². The fourth-order valence-corrected chi connectivity index (χ4v) is 2.69. The lowest BCUT2D eigenvalue weighted by atomic mass is 10.0. The lowest BCUT2D eigenvalue weighted by Crippen LogP contribution is -2.47. The van der Waals surface area contributed by atoms with Crippen molar-refractivity contribution in [3.63, 3.8) is 0 Å². The molecule has 0 saturated carbocycles. The summed E-state index contributed by atoms with van der Waals surface area (Å²) < 4.78 is 16.0. The molecule has 0 aromatic heterocycles. The summed E-state index contributed by atoms with van der Waals surface area (Å²) in [5.41, 5.74) is 2.20. The van der Waals surface area contributed by atoms with Crippen LogP contribution in [0.25, 0.3) is 0 Å². The third kappa shape index (κ3) is 10.6. The van der Waals surface area contributed by atoms with Gasteiger partial charge in [-0.25, -0.2) is 9.59 Å². The van der Waals surface area contributed by atoms with Crippen LogP contribution in [0.15, 0.2) is 30.4 Å². The van der Waals surface area contributed by atoms with Crippen LogP contribution in [0, 0.1) is 13.8 Å². The van der Waals surface area contributed by atoms with Gasteiger partial charge in [-0.15, -0.1) is 0 Å². The standard InChI is InChI=1S/C25H38O6/c1-17-13-14-19(16-18(17)2)12-10-9-11-15-29-21(23(28)31-25(6,7)8)20(26)22(27)30-24(3,4)5/h9,11,13-14,16,20-21,26H,10,12,15H2,1-8H3/t20-,21-/m1/s1. The molecule has 174 valence electrons. The first-order valence-electron chi connectivity index (χ1n) is 10.7. The molecule has 0 aliphatic carbocycles. The summed E-state index contributed by atoms with van der Waals surface area (Å²) >= 11 is 0. The van der Waals surface area contributed by atoms with Crippen molar-refractivity contribution in [1.82, 2.24) is 0 Å². The van der Waals surface area contributed by atoms with Crippen LogP contribution in [0.2, 0.25) is 0 Å². The quantitative estimate of drug-likeness (QED) is 0.463. The molecule has 1 N–H and O–H groups in total. The highest BCUT2D eigenvalue weighted by molar-refractivity contribution is 5.85. The Kier molecular flexibility index (Phi) is 9.91. The van der Waals surface area contributed by atoms with Crippen LogP contribution in [-0.2, 0) is 30.2 Å². The number of aliphatic hydroxyl groups is 1. The number of allylic oxidation sites excluding steroid dienone is 1. The summed E-state index contributed by atoms with van der Waals surface area (Å²) in [5.74, 6) is -1.74. The predicted molar refractivity (Wildman–Crippen MR) is 121 cm³/mol. The molecule has 0 amide bonds. The van der Waals surface area contributed by atoms with Gasteiger partial charge in [-0.2, -0.15) is 0 Å². The first-order valence-corrected chi connectivity index (χ1v) is 10.7. The number of hydrogen-bond acceptors (Lipinski definition) is 6. The molecule has 0 saturated heterocycles. The Labute approximate surface area is 186 Å². The summed E-state index contributed by atoms with van der Waals surface area (Å²) in [6.45, 7) is 14.4. The van der Waals surface area contributed by atoms with Crippen molar-refractivity contribution in [3.8, 4) is 0 Å². The lowest BCUT2D eigenvalue weighted by Gasteiger charge is -2.27. The molecule has 0 aliphatic heterocycles. The molecular formula is C25H38O6. The third-order valence-electron chi connectivity index (χ3n) is 4.28. The Balaban J connectivity index is 2.69. The van der Waals surface area contributed by atoms with E-state index in [0.717, 1.165) is 12.8 Å². The van der Waals surface area contributed by atoms with Gasteiger partial charge >= 0.3 is 11.9 Å². The average Bonchev–Trinajstić information content (AvgIpc) is 2.60. The Morgan fingerprint density at radius 1 is 0.935 bits per heavy atom. The highest BCUT2D eigenvalue weighted by Crippen LogP contribution is 2.16. The van der Waals surface area contributed by atoms with E-state index in [1.54, 1.807) is 47.6 Å². The van der Waals surface area contributed by atoms with Gasteiger partial charge in [0.05, 0.1) is 6.61 Å². The maximum absolute atomic E-state index is 12.5. The van der Waals surface area contributed by atoms with E-state index in [-0.39, 0.29) is 6.61 Å². The fourth-order valence-electron chi connectivity index (χ4n) is 2.69. The molecule has 0 radical (unpaired) electrons. The summed E-state index contributed by atoms with van der Waals surface area (Å²) in [6.07, 6.45) is 2.14. The molecule has 1 rings (SSSR count). The predicted octanol–water partition coefficient (Wildman–Crippen LogP) is 4.22. The minimum absolute atomic E-state index is 0.0523. The molecule has 1 aromatic rings. The van der Waals surface area contributed by atoms with Crippen LogP contribution >= 0.6 is 0 Å². The van der Waals surface area contributed by atoms with Gasteiger partial charge in [0.2, 0.25) is 0 Å². The van der Waals surface area contributed by atoms with Crippen LogP contribution in [0.5, 0.6) is 0 Å². The Hall–Kier alpha value is -2.18. The molecular weight excluding hydrogens is 396 g/mol. The SMILES string of the molecule is Cc1ccc(CCC=CCO[C@@H](C(=O)OC(C)(C)C)[C@@H](O)C(=O)OC(C)(C)C)cc1C. The second-order valence-corrected chi connectivity index (χ2v) is 9.69. The third-order valence-corrected chi connectivity index (χ3v) is 4.28. The van der Waals surface area contributed by atoms with E-state index in [4.69, 9.17) is 14.2 Å². The van der Waals surface area contributed by atoms with Crippen LogP contribution in [0.1, 0.15) is 64.7 Å². The first kappa shape index (κ1) is 26.9. The molecule has 0 spiro atoms. The summed E-state index contributed by atoms with van der Waals surface area (Å²) in [7, 11) is 0. The molecule has 2 atom stereocenters. The number of ether oxygens (including phenoxy) is 3. The topological polar surface area (TPSA) is 82.1 Å². The molecule has 6 heteroatoms. The van der Waals surface area contributed by atoms with Crippen molar-refractivity contribution < 1.29 is 28.9 Å². The van der Waals surface area contributed by atoms with Crippen molar-refractivity contribution in [2.75, 3.05) is 6.61 Å². The molecule has 0 heterocycles. The van der Waals surface area contributed by atoms with Crippen molar-refractivity contribution in [1.29, 1.82) is 0 Å². The van der Waals surface area contributed by atoms with E-state index < -0.39 is 35.3 Å². The van der Waals surface area contributed by atoms with Crippen molar-refractivity contribution in [2.45, 2.75) is 91.6 Å². The zero-order chi connectivity index (χ0) is 23.8. The van der Waals surface area contributed by atoms with Gasteiger partial charge in [-0.05, 0) is 84.9 Å². The number of rotatable bonds is 9. The Morgan fingerprint density at radius 3 is 2.06 bits per heavy atom. The molecule has 0 bridgehead atoms. The molecule has 31 heavy (non-hydrogen) atoms. The second-order valence-electron chi connectivity index (χ2n) is 9.69. The normalized spacial score (nSPS) is 14.4. The van der Waals surface area contributed by atoms with Crippen LogP contribution in [0.4, 0.5) is 0 Å². The van der Waals surface area contributed by atoms with Gasteiger partial charge in [0.1, 0.15) is 11.2 Å². The van der Waals surface area contributed by atoms with E-state index in [2.05, 4.69) is 32.0 Å². The van der Waals surface area contributed by atoms with E-state index in [1.807, 2.05) is 6.08 Å². The molecule has 1 aromatic carbocycles. The molecule has 0 unspecified atom stereocenters. The van der Waals surface area contributed by atoms with Crippen molar-refractivity contribution in [2.24, 2.45) is 0 Å². The monoisotopic (exact) mass is 434 g/mol. The van der Waals surface area contributed by atoms with Gasteiger partial charge < -0.3 is 19.3 Å². The van der Waals surface area contributed by atoms with E-state index in [1.165, 1.54) is 16.7 Å². The van der Waals surface area contributed by atoms with Crippen LogP contribution in [0.3, 0.4) is 0 Å². The lowest BCUT2D eigenvalue weighted by molar-refractivity contribution is -0.189. The number of aryl methyl sites for hydroxylation is 3. The Bertz CT molecular complexity index is 767. The minimum atomic E-state index is -1.78. The number of benzene rings is 1. The number of esters is 2. The largest absolute Gasteiger partial charge is 0.458 e. The molecule has 0 aliphatic rings. The smallest absolute Gasteiger partial charge is 0.339 e. The molecule has 0 fully saturated rings. The highest BCUT2D eigenvalue weighted by Gasteiger charge is 2.38. The number of hydrogen-bond donors (Lipinski definition) is 1. The second kappa shape index (κ2) is 11.4. The highest BCUT2D eigenvalue weighted by atomic mass is 16.6. The minimum Gasteiger partial charge on any atom is -0.458 e. The van der Waals surface area contributed by atoms with Gasteiger partial charge in [0.25, 0.3) is 0 Å². The maximum atomic E-state index is 12.5. The zero-order valence-corrected chi connectivity index (χ0v) is 20.2. The number of carbonyl (C=O) groups is 2. The van der Waals surface area contributed by atoms with E-state index in [9.17, 15) is 14.7 Å². The van der Waals surface area contributed by atoms with Gasteiger partial charge in [-0.1, -0.05) is 30.4 Å². The first-order chi connectivity index (χ1) is 14.2. The van der Waals surface area contributed by atoms with Gasteiger partial charge in [0, 0.05) is 0 Å². The Morgan fingerprint density at radius 2 is 1.52 bits per heavy atom. The fraction of sp³-hybridized carbons (Fsp3) is 0.600. The summed E-state index contributed by atoms with van der Waals surface area (Å²) in [5, 5.41) is 10.4. The number of carbonyl (C=O) groups excluding carboxylic acids is 2. The van der Waals surface area contributed by atoms with E-state index in [0.29, 0.717) is 0 Å². The molecule has 6 nitrogen and oxygen atoms in total. The summed E-state index contributed by atoms with van der Waals surface area (Å²) in [4.78, 5) is 24.7. The van der Waals surface area contributed by atoms with Gasteiger partial charge in [0.15, 0.2) is 12.2 Å². The van der Waals surface area contributed by atoms with Crippen LogP contribution < -0.4 is 0 Å². The van der Waals surface area contributed by atoms with Crippen LogP contribution in [-0.4, -0.2) is 47.1 Å². The summed E-state index contributed by atoms with van der Waals surface area (Å²) in [6, 6.07) is 6.40.